The molecule has 0 unspecified atom stereocenters. The molecule has 108 valence electrons. The SMILES string of the molecule is CN1CCN(C(C)(C)c2cc(C(C)(C)C)on2)CC1. The van der Waals surface area contributed by atoms with Crippen LogP contribution in [0.4, 0.5) is 0 Å². The molecule has 1 aromatic rings. The van der Waals surface area contributed by atoms with E-state index in [1.807, 2.05) is 0 Å². The van der Waals surface area contributed by atoms with Crippen LogP contribution in [-0.2, 0) is 11.0 Å². The Balaban J connectivity index is 2.17. The summed E-state index contributed by atoms with van der Waals surface area (Å²) in [5.74, 6) is 0.963. The van der Waals surface area contributed by atoms with E-state index < -0.39 is 0 Å². The topological polar surface area (TPSA) is 32.5 Å². The summed E-state index contributed by atoms with van der Waals surface area (Å²) in [7, 11) is 2.18. The monoisotopic (exact) mass is 265 g/mol. The number of rotatable bonds is 2. The second-order valence-corrected chi connectivity index (χ2v) is 7.18. The Hall–Kier alpha value is -0.870. The van der Waals surface area contributed by atoms with Crippen molar-refractivity contribution in [3.8, 4) is 0 Å². The molecule has 2 heterocycles. The van der Waals surface area contributed by atoms with Crippen LogP contribution < -0.4 is 0 Å². The van der Waals surface area contributed by atoms with Crippen molar-refractivity contribution in [2.75, 3.05) is 33.2 Å². The largest absolute Gasteiger partial charge is 0.361 e. The van der Waals surface area contributed by atoms with Gasteiger partial charge in [0.15, 0.2) is 0 Å². The first-order chi connectivity index (χ1) is 8.71. The van der Waals surface area contributed by atoms with Crippen LogP contribution in [0.2, 0.25) is 0 Å². The van der Waals surface area contributed by atoms with Gasteiger partial charge in [-0.1, -0.05) is 25.9 Å². The normalized spacial score (nSPS) is 19.9. The lowest BCUT2D eigenvalue weighted by molar-refractivity contribution is 0.0558. The minimum atomic E-state index is -0.0613. The highest BCUT2D eigenvalue weighted by atomic mass is 16.5. The average Bonchev–Trinajstić information content (AvgIpc) is 2.79. The number of hydrogen-bond donors (Lipinski definition) is 0. The lowest BCUT2D eigenvalue weighted by Gasteiger charge is -2.42. The van der Waals surface area contributed by atoms with Gasteiger partial charge in [0.1, 0.15) is 11.5 Å². The van der Waals surface area contributed by atoms with E-state index >= 15 is 0 Å². The molecule has 4 heteroatoms. The highest BCUT2D eigenvalue weighted by molar-refractivity contribution is 5.19. The summed E-state index contributed by atoms with van der Waals surface area (Å²) >= 11 is 0. The number of piperazine rings is 1. The molecule has 1 fully saturated rings. The van der Waals surface area contributed by atoms with E-state index in [1.165, 1.54) is 0 Å². The summed E-state index contributed by atoms with van der Waals surface area (Å²) in [4.78, 5) is 4.87. The molecule has 0 N–H and O–H groups in total. The van der Waals surface area contributed by atoms with E-state index in [9.17, 15) is 0 Å². The van der Waals surface area contributed by atoms with Gasteiger partial charge in [-0.25, -0.2) is 0 Å². The van der Waals surface area contributed by atoms with E-state index in [4.69, 9.17) is 4.52 Å². The third-order valence-electron chi connectivity index (χ3n) is 4.17. The Morgan fingerprint density at radius 1 is 1.05 bits per heavy atom. The molecular formula is C15H27N3O. The van der Waals surface area contributed by atoms with Gasteiger partial charge in [0.05, 0.1) is 5.54 Å². The van der Waals surface area contributed by atoms with E-state index in [2.05, 4.69) is 62.7 Å². The van der Waals surface area contributed by atoms with Crippen LogP contribution in [0.15, 0.2) is 10.6 Å². The number of nitrogens with zero attached hydrogens (tertiary/aromatic N) is 3. The minimum Gasteiger partial charge on any atom is -0.361 e. The molecule has 0 aliphatic carbocycles. The van der Waals surface area contributed by atoms with Gasteiger partial charge in [-0.3, -0.25) is 4.90 Å². The van der Waals surface area contributed by atoms with Gasteiger partial charge in [0, 0.05) is 37.7 Å². The molecule has 0 bridgehead atoms. The number of hydrogen-bond acceptors (Lipinski definition) is 4. The zero-order valence-corrected chi connectivity index (χ0v) is 13.2. The second-order valence-electron chi connectivity index (χ2n) is 7.18. The highest BCUT2D eigenvalue weighted by Crippen LogP contribution is 2.31. The maximum absolute atomic E-state index is 5.54. The van der Waals surface area contributed by atoms with Gasteiger partial charge >= 0.3 is 0 Å². The van der Waals surface area contributed by atoms with E-state index in [0.717, 1.165) is 37.6 Å². The molecule has 1 aliphatic rings. The number of likely N-dealkylation sites (N-methyl/N-ethyl adjacent to an activating group) is 1. The Labute approximate surface area is 116 Å². The van der Waals surface area contributed by atoms with Gasteiger partial charge < -0.3 is 9.42 Å². The van der Waals surface area contributed by atoms with Crippen LogP contribution in [0.5, 0.6) is 0 Å². The predicted molar refractivity (Wildman–Crippen MR) is 77.3 cm³/mol. The fourth-order valence-corrected chi connectivity index (χ4v) is 2.44. The maximum Gasteiger partial charge on any atom is 0.142 e. The first kappa shape index (κ1) is 14.5. The molecule has 0 saturated carbocycles. The molecule has 4 nitrogen and oxygen atoms in total. The maximum atomic E-state index is 5.54. The Kier molecular flexibility index (Phi) is 3.76. The molecular weight excluding hydrogens is 238 g/mol. The molecule has 0 atom stereocenters. The van der Waals surface area contributed by atoms with Gasteiger partial charge in [-0.05, 0) is 20.9 Å². The predicted octanol–water partition coefficient (Wildman–Crippen LogP) is 2.45. The third-order valence-corrected chi connectivity index (χ3v) is 4.17. The van der Waals surface area contributed by atoms with Crippen molar-refractivity contribution in [3.63, 3.8) is 0 Å². The first-order valence-corrected chi connectivity index (χ1v) is 7.12. The molecule has 1 aliphatic heterocycles. The highest BCUT2D eigenvalue weighted by Gasteiger charge is 2.34. The smallest absolute Gasteiger partial charge is 0.142 e. The molecule has 2 rings (SSSR count). The Morgan fingerprint density at radius 3 is 2.11 bits per heavy atom. The van der Waals surface area contributed by atoms with Gasteiger partial charge in [0.25, 0.3) is 0 Å². The van der Waals surface area contributed by atoms with E-state index in [1.54, 1.807) is 0 Å². The molecule has 1 saturated heterocycles. The average molecular weight is 265 g/mol. The zero-order valence-electron chi connectivity index (χ0n) is 13.2. The van der Waals surface area contributed by atoms with Crippen LogP contribution in [-0.4, -0.2) is 48.2 Å². The van der Waals surface area contributed by atoms with Crippen LogP contribution in [0, 0.1) is 0 Å². The van der Waals surface area contributed by atoms with Crippen molar-refractivity contribution >= 4 is 0 Å². The first-order valence-electron chi connectivity index (χ1n) is 7.12. The standard InChI is InChI=1S/C15H27N3O/c1-14(2,3)13-11-12(16-19-13)15(4,5)18-9-7-17(6)8-10-18/h11H,7-10H2,1-6H3. The molecule has 1 aromatic heterocycles. The van der Waals surface area contributed by atoms with Crippen molar-refractivity contribution in [2.24, 2.45) is 0 Å². The summed E-state index contributed by atoms with van der Waals surface area (Å²) in [6.07, 6.45) is 0. The fraction of sp³-hybridized carbons (Fsp3) is 0.800. The van der Waals surface area contributed by atoms with Crippen molar-refractivity contribution < 1.29 is 4.52 Å². The van der Waals surface area contributed by atoms with Gasteiger partial charge in [-0.2, -0.15) is 0 Å². The number of aromatic nitrogens is 1. The minimum absolute atomic E-state index is 0.0173. The summed E-state index contributed by atoms with van der Waals surface area (Å²) in [6, 6.07) is 2.12. The van der Waals surface area contributed by atoms with Crippen LogP contribution in [0.3, 0.4) is 0 Å². The quantitative estimate of drug-likeness (QED) is 0.822. The summed E-state index contributed by atoms with van der Waals surface area (Å²) < 4.78 is 5.54. The fourth-order valence-electron chi connectivity index (χ4n) is 2.44. The van der Waals surface area contributed by atoms with E-state index in [0.29, 0.717) is 0 Å². The molecule has 0 amide bonds. The second kappa shape index (κ2) is 4.91. The van der Waals surface area contributed by atoms with Gasteiger partial charge in [0.2, 0.25) is 0 Å². The molecule has 0 spiro atoms. The van der Waals surface area contributed by atoms with Gasteiger partial charge in [-0.15, -0.1) is 0 Å². The lowest BCUT2D eigenvalue weighted by Crippen LogP contribution is -2.52. The summed E-state index contributed by atoms with van der Waals surface area (Å²) in [5.41, 5.74) is 1.000. The lowest BCUT2D eigenvalue weighted by atomic mass is 9.90. The molecule has 19 heavy (non-hydrogen) atoms. The Bertz CT molecular complexity index is 423. The summed E-state index contributed by atoms with van der Waals surface area (Å²) in [6.45, 7) is 15.3. The van der Waals surface area contributed by atoms with Crippen molar-refractivity contribution in [3.05, 3.63) is 17.5 Å². The third kappa shape index (κ3) is 3.00. The molecule has 0 radical (unpaired) electrons. The summed E-state index contributed by atoms with van der Waals surface area (Å²) in [5, 5.41) is 4.32. The Morgan fingerprint density at radius 2 is 1.63 bits per heavy atom. The van der Waals surface area contributed by atoms with Crippen LogP contribution in [0.25, 0.3) is 0 Å². The molecule has 0 aromatic carbocycles. The van der Waals surface area contributed by atoms with Crippen molar-refractivity contribution in [1.29, 1.82) is 0 Å². The van der Waals surface area contributed by atoms with E-state index in [-0.39, 0.29) is 11.0 Å². The van der Waals surface area contributed by atoms with Crippen molar-refractivity contribution in [1.82, 2.24) is 15.0 Å². The van der Waals surface area contributed by atoms with Crippen LogP contribution >= 0.6 is 0 Å². The zero-order chi connectivity index (χ0) is 14.3. The van der Waals surface area contributed by atoms with Crippen molar-refractivity contribution in [2.45, 2.75) is 45.6 Å². The van der Waals surface area contributed by atoms with Crippen LogP contribution in [0.1, 0.15) is 46.1 Å².